The van der Waals surface area contributed by atoms with Crippen molar-refractivity contribution in [1.29, 1.82) is 0 Å². The average Bonchev–Trinajstić information content (AvgIpc) is 3.05. The van der Waals surface area contributed by atoms with E-state index in [-0.39, 0.29) is 25.3 Å². The van der Waals surface area contributed by atoms with Crippen LogP contribution < -0.4 is 10.6 Å². The molecule has 2 rings (SSSR count). The van der Waals surface area contributed by atoms with Gasteiger partial charge in [0.15, 0.2) is 0 Å². The fourth-order valence-electron chi connectivity index (χ4n) is 2.33. The summed E-state index contributed by atoms with van der Waals surface area (Å²) in [5.41, 5.74) is 0.562. The second-order valence-corrected chi connectivity index (χ2v) is 6.12. The molecule has 0 bridgehead atoms. The van der Waals surface area contributed by atoms with Gasteiger partial charge in [0.05, 0.1) is 30.3 Å². The molecule has 1 aromatic rings. The van der Waals surface area contributed by atoms with Gasteiger partial charge in [-0.25, -0.2) is 9.59 Å². The Morgan fingerprint density at radius 3 is 2.71 bits per heavy atom. The van der Waals surface area contributed by atoms with Crippen LogP contribution in [0.15, 0.2) is 28.8 Å². The zero-order chi connectivity index (χ0) is 17.5. The third-order valence-electron chi connectivity index (χ3n) is 3.42. The van der Waals surface area contributed by atoms with Crippen LogP contribution in [0.1, 0.15) is 25.1 Å². The minimum atomic E-state index is -0.527. The molecule has 0 saturated heterocycles. The molecular weight excluding hydrogens is 332 g/mol. The number of carbonyl (C=O) groups is 3. The molecule has 2 heterocycles. The van der Waals surface area contributed by atoms with E-state index >= 15 is 0 Å². The summed E-state index contributed by atoms with van der Waals surface area (Å²) >= 11 is 1.46. The van der Waals surface area contributed by atoms with Crippen molar-refractivity contribution in [3.05, 3.63) is 33.7 Å². The van der Waals surface area contributed by atoms with Gasteiger partial charge in [-0.15, -0.1) is 11.3 Å². The Hall–Kier alpha value is -2.35. The lowest BCUT2D eigenvalue weighted by Crippen LogP contribution is -2.51. The first-order chi connectivity index (χ1) is 11.5. The molecule has 130 valence electrons. The molecule has 2 N–H and O–H groups in total. The van der Waals surface area contributed by atoms with Gasteiger partial charge in [0.25, 0.3) is 0 Å². The third-order valence-corrected chi connectivity index (χ3v) is 4.30. The second-order valence-electron chi connectivity index (χ2n) is 5.09. The first-order valence-electron chi connectivity index (χ1n) is 7.70. The molecule has 0 radical (unpaired) electrons. The summed E-state index contributed by atoms with van der Waals surface area (Å²) in [6.45, 7) is 3.59. The first kappa shape index (κ1) is 18.0. The Morgan fingerprint density at radius 1 is 1.29 bits per heavy atom. The number of ether oxygens (including phenoxy) is 2. The van der Waals surface area contributed by atoms with Crippen LogP contribution in [0.4, 0.5) is 4.79 Å². The summed E-state index contributed by atoms with van der Waals surface area (Å²) in [5, 5.41) is 7.08. The van der Waals surface area contributed by atoms with Crippen LogP contribution in [-0.4, -0.2) is 37.2 Å². The van der Waals surface area contributed by atoms with E-state index in [1.165, 1.54) is 11.3 Å². The molecule has 1 atom stereocenters. The highest BCUT2D eigenvalue weighted by molar-refractivity contribution is 7.10. The molecule has 7 nitrogen and oxygen atoms in total. The number of amides is 2. The molecule has 0 spiro atoms. The minimum Gasteiger partial charge on any atom is -0.463 e. The quantitative estimate of drug-likeness (QED) is 0.729. The van der Waals surface area contributed by atoms with Crippen LogP contribution in [0.2, 0.25) is 0 Å². The highest BCUT2D eigenvalue weighted by Gasteiger charge is 2.31. The van der Waals surface area contributed by atoms with Crippen LogP contribution in [0.25, 0.3) is 0 Å². The van der Waals surface area contributed by atoms with Crippen molar-refractivity contribution >= 4 is 29.3 Å². The van der Waals surface area contributed by atoms with Crippen LogP contribution in [0, 0.1) is 0 Å². The molecule has 0 fully saturated rings. The Kier molecular flexibility index (Phi) is 6.36. The van der Waals surface area contributed by atoms with Gasteiger partial charge in [-0.05, 0) is 24.8 Å². The van der Waals surface area contributed by atoms with E-state index < -0.39 is 24.0 Å². The Balaban J connectivity index is 2.10. The lowest BCUT2D eigenvalue weighted by Gasteiger charge is -2.28. The van der Waals surface area contributed by atoms with Crippen molar-refractivity contribution in [1.82, 2.24) is 10.6 Å². The van der Waals surface area contributed by atoms with Gasteiger partial charge in [0.1, 0.15) is 6.61 Å². The van der Waals surface area contributed by atoms with Gasteiger partial charge in [-0.3, -0.25) is 4.79 Å². The summed E-state index contributed by atoms with van der Waals surface area (Å²) in [5.74, 6) is -0.949. The molecule has 2 amide bonds. The molecule has 0 aromatic carbocycles. The van der Waals surface area contributed by atoms with Crippen LogP contribution in [0.3, 0.4) is 0 Å². The average molecular weight is 352 g/mol. The van der Waals surface area contributed by atoms with Gasteiger partial charge < -0.3 is 20.1 Å². The Bertz CT molecular complexity index is 639. The van der Waals surface area contributed by atoms with E-state index in [1.54, 1.807) is 6.92 Å². The fraction of sp³-hybridized carbons (Fsp3) is 0.438. The largest absolute Gasteiger partial charge is 0.463 e. The van der Waals surface area contributed by atoms with Crippen molar-refractivity contribution in [3.8, 4) is 0 Å². The predicted molar refractivity (Wildman–Crippen MR) is 88.4 cm³/mol. The lowest BCUT2D eigenvalue weighted by molar-refractivity contribution is -0.143. The number of rotatable bonds is 7. The van der Waals surface area contributed by atoms with E-state index in [9.17, 15) is 14.4 Å². The maximum Gasteiger partial charge on any atom is 0.338 e. The van der Waals surface area contributed by atoms with Gasteiger partial charge in [-0.2, -0.15) is 0 Å². The summed E-state index contributed by atoms with van der Waals surface area (Å²) < 4.78 is 10.3. The zero-order valence-electron chi connectivity index (χ0n) is 13.6. The van der Waals surface area contributed by atoms with Gasteiger partial charge in [-0.1, -0.05) is 13.0 Å². The highest BCUT2D eigenvalue weighted by atomic mass is 32.1. The van der Waals surface area contributed by atoms with E-state index in [2.05, 4.69) is 10.6 Å². The number of urea groups is 1. The minimum absolute atomic E-state index is 0.156. The lowest BCUT2D eigenvalue weighted by atomic mass is 10.0. The van der Waals surface area contributed by atoms with Crippen molar-refractivity contribution < 1.29 is 23.9 Å². The maximum absolute atomic E-state index is 12.2. The standard InChI is InChI=1S/C16H20N2O5S/c1-3-11-14(15(20)22-4-2)12(18-16(21)17-11)9-23-13(19)8-10-6-5-7-24-10/h5-7,11H,3-4,8-9H2,1-2H3,(H2,17,18,21)/t11-/m0/s1. The van der Waals surface area contributed by atoms with E-state index in [1.807, 2.05) is 24.4 Å². The molecule has 24 heavy (non-hydrogen) atoms. The number of nitrogens with one attached hydrogen (secondary N) is 2. The number of esters is 2. The predicted octanol–water partition coefficient (Wildman–Crippen LogP) is 1.74. The van der Waals surface area contributed by atoms with Crippen LogP contribution in [-0.2, 0) is 25.5 Å². The Morgan fingerprint density at radius 2 is 2.08 bits per heavy atom. The number of carbonyl (C=O) groups excluding carboxylic acids is 3. The third kappa shape index (κ3) is 4.58. The van der Waals surface area contributed by atoms with Gasteiger partial charge in [0, 0.05) is 4.88 Å². The summed E-state index contributed by atoms with van der Waals surface area (Å²) in [6, 6.07) is 2.80. The highest BCUT2D eigenvalue weighted by Crippen LogP contribution is 2.18. The van der Waals surface area contributed by atoms with Crippen molar-refractivity contribution in [2.75, 3.05) is 13.2 Å². The van der Waals surface area contributed by atoms with Crippen LogP contribution >= 0.6 is 11.3 Å². The van der Waals surface area contributed by atoms with Gasteiger partial charge in [0.2, 0.25) is 0 Å². The van der Waals surface area contributed by atoms with Crippen molar-refractivity contribution in [2.45, 2.75) is 32.7 Å². The summed E-state index contributed by atoms with van der Waals surface area (Å²) in [6.07, 6.45) is 0.678. The van der Waals surface area contributed by atoms with Crippen LogP contribution in [0.5, 0.6) is 0 Å². The second kappa shape index (κ2) is 8.49. The number of hydrogen-bond acceptors (Lipinski definition) is 6. The zero-order valence-corrected chi connectivity index (χ0v) is 14.4. The summed E-state index contributed by atoms with van der Waals surface area (Å²) in [7, 11) is 0. The monoisotopic (exact) mass is 352 g/mol. The fourth-order valence-corrected chi connectivity index (χ4v) is 3.02. The smallest absolute Gasteiger partial charge is 0.338 e. The molecule has 0 saturated carbocycles. The molecular formula is C16H20N2O5S. The molecule has 1 aliphatic heterocycles. The first-order valence-corrected chi connectivity index (χ1v) is 8.58. The topological polar surface area (TPSA) is 93.7 Å². The molecule has 0 unspecified atom stereocenters. The Labute approximate surface area is 144 Å². The molecule has 0 aliphatic carbocycles. The SMILES string of the molecule is CCOC(=O)C1=C(COC(=O)Cc2cccs2)NC(=O)N[C@H]1CC. The normalized spacial score (nSPS) is 17.1. The molecule has 1 aromatic heterocycles. The van der Waals surface area contributed by atoms with E-state index in [0.717, 1.165) is 4.88 Å². The van der Waals surface area contributed by atoms with Crippen molar-refractivity contribution in [2.24, 2.45) is 0 Å². The molecule has 8 heteroatoms. The number of hydrogen-bond donors (Lipinski definition) is 2. The molecule has 1 aliphatic rings. The van der Waals surface area contributed by atoms with E-state index in [0.29, 0.717) is 12.0 Å². The summed E-state index contributed by atoms with van der Waals surface area (Å²) in [4.78, 5) is 36.7. The number of thiophene rings is 1. The van der Waals surface area contributed by atoms with Crippen molar-refractivity contribution in [3.63, 3.8) is 0 Å². The van der Waals surface area contributed by atoms with E-state index in [4.69, 9.17) is 9.47 Å². The van der Waals surface area contributed by atoms with Gasteiger partial charge >= 0.3 is 18.0 Å². The maximum atomic E-state index is 12.2.